The third kappa shape index (κ3) is 5.11. The van der Waals surface area contributed by atoms with Crippen LogP contribution in [-0.2, 0) is 17.8 Å². The van der Waals surface area contributed by atoms with Crippen LogP contribution in [0.2, 0.25) is 5.02 Å². The van der Waals surface area contributed by atoms with Gasteiger partial charge in [-0.2, -0.15) is 0 Å². The van der Waals surface area contributed by atoms with Gasteiger partial charge in [-0.3, -0.25) is 9.59 Å². The normalized spacial score (nSPS) is 14.7. The molecule has 5 rings (SSSR count). The Balaban J connectivity index is 1.31. The van der Waals surface area contributed by atoms with E-state index in [1.165, 1.54) is 11.8 Å². The molecule has 4 aromatic rings. The fraction of sp³-hybridized carbons (Fsp3) is 0.179. The molecule has 0 aliphatic carbocycles. The van der Waals surface area contributed by atoms with Gasteiger partial charge in [-0.25, -0.2) is 4.98 Å². The first-order valence-electron chi connectivity index (χ1n) is 11.6. The van der Waals surface area contributed by atoms with E-state index in [1.54, 1.807) is 31.2 Å². The molecule has 36 heavy (non-hydrogen) atoms. The minimum absolute atomic E-state index is 0.0317. The molecule has 1 aromatic heterocycles. The van der Waals surface area contributed by atoms with Gasteiger partial charge >= 0.3 is 0 Å². The average molecular weight is 502 g/mol. The second kappa shape index (κ2) is 10.3. The molecule has 182 valence electrons. The highest BCUT2D eigenvalue weighted by Crippen LogP contribution is 2.37. The minimum atomic E-state index is -0.406. The Morgan fingerprint density at radius 2 is 1.94 bits per heavy atom. The molecule has 0 fully saturated rings. The predicted molar refractivity (Wildman–Crippen MR) is 136 cm³/mol. The third-order valence-corrected chi connectivity index (χ3v) is 6.33. The summed E-state index contributed by atoms with van der Waals surface area (Å²) in [5.41, 5.74) is 3.97. The summed E-state index contributed by atoms with van der Waals surface area (Å²) < 4.78 is 11.4. The van der Waals surface area contributed by atoms with Gasteiger partial charge in [0.1, 0.15) is 12.0 Å². The molecule has 8 heteroatoms. The number of nitrogens with zero attached hydrogens (tertiary/aromatic N) is 2. The van der Waals surface area contributed by atoms with E-state index in [9.17, 15) is 9.59 Å². The Labute approximate surface area is 213 Å². The SMILES string of the molecule is CC(=O)N1CCc2ccc(OCc3nc(C(=O)Nc4cccc(Cl)c4)co3)cc2[C@@H]1c1ccccc1. The van der Waals surface area contributed by atoms with E-state index in [4.69, 9.17) is 20.8 Å². The second-order valence-corrected chi connectivity index (χ2v) is 8.95. The number of fused-ring (bicyclic) bond motifs is 1. The summed E-state index contributed by atoms with van der Waals surface area (Å²) in [6.45, 7) is 2.32. The zero-order valence-corrected chi connectivity index (χ0v) is 20.4. The van der Waals surface area contributed by atoms with Crippen LogP contribution in [0.15, 0.2) is 83.5 Å². The van der Waals surface area contributed by atoms with Crippen molar-refractivity contribution in [3.63, 3.8) is 0 Å². The maximum atomic E-state index is 12.5. The lowest BCUT2D eigenvalue weighted by atomic mass is 9.88. The van der Waals surface area contributed by atoms with Crippen molar-refractivity contribution in [1.29, 1.82) is 0 Å². The molecule has 1 N–H and O–H groups in total. The average Bonchev–Trinajstić information content (AvgIpc) is 3.36. The Morgan fingerprint density at radius 1 is 1.11 bits per heavy atom. The number of benzene rings is 3. The van der Waals surface area contributed by atoms with Crippen molar-refractivity contribution in [2.24, 2.45) is 0 Å². The predicted octanol–water partition coefficient (Wildman–Crippen LogP) is 5.65. The molecule has 2 heterocycles. The summed E-state index contributed by atoms with van der Waals surface area (Å²) in [5, 5.41) is 3.26. The van der Waals surface area contributed by atoms with Crippen molar-refractivity contribution in [2.75, 3.05) is 11.9 Å². The van der Waals surface area contributed by atoms with E-state index in [0.29, 0.717) is 23.0 Å². The monoisotopic (exact) mass is 501 g/mol. The zero-order chi connectivity index (χ0) is 25.1. The highest BCUT2D eigenvalue weighted by molar-refractivity contribution is 6.30. The number of nitrogens with one attached hydrogen (secondary N) is 1. The van der Waals surface area contributed by atoms with Crippen molar-refractivity contribution >= 4 is 29.1 Å². The Morgan fingerprint density at radius 3 is 2.72 bits per heavy atom. The number of halogens is 1. The van der Waals surface area contributed by atoms with Crippen molar-refractivity contribution in [1.82, 2.24) is 9.88 Å². The van der Waals surface area contributed by atoms with Crippen molar-refractivity contribution < 1.29 is 18.7 Å². The van der Waals surface area contributed by atoms with Gasteiger partial charge in [0.15, 0.2) is 12.3 Å². The van der Waals surface area contributed by atoms with Gasteiger partial charge in [0.05, 0.1) is 6.04 Å². The molecule has 0 radical (unpaired) electrons. The molecule has 1 atom stereocenters. The lowest BCUT2D eigenvalue weighted by Gasteiger charge is -2.37. The van der Waals surface area contributed by atoms with Gasteiger partial charge in [0.25, 0.3) is 5.91 Å². The van der Waals surface area contributed by atoms with Crippen LogP contribution in [0.1, 0.15) is 46.0 Å². The fourth-order valence-electron chi connectivity index (χ4n) is 4.40. The van der Waals surface area contributed by atoms with Crippen molar-refractivity contribution in [3.8, 4) is 5.75 Å². The van der Waals surface area contributed by atoms with E-state index >= 15 is 0 Å². The van der Waals surface area contributed by atoms with Crippen molar-refractivity contribution in [2.45, 2.75) is 26.0 Å². The molecule has 0 unspecified atom stereocenters. The summed E-state index contributed by atoms with van der Waals surface area (Å²) in [7, 11) is 0. The number of anilines is 1. The van der Waals surface area contributed by atoms with E-state index < -0.39 is 5.91 Å². The van der Waals surface area contributed by atoms with Gasteiger partial charge in [-0.15, -0.1) is 0 Å². The molecule has 1 aliphatic heterocycles. The number of ether oxygens (including phenoxy) is 1. The molecule has 0 saturated heterocycles. The second-order valence-electron chi connectivity index (χ2n) is 8.52. The van der Waals surface area contributed by atoms with E-state index in [1.807, 2.05) is 53.4 Å². The van der Waals surface area contributed by atoms with Crippen LogP contribution in [0, 0.1) is 0 Å². The summed E-state index contributed by atoms with van der Waals surface area (Å²) in [4.78, 5) is 31.0. The quantitative estimate of drug-likeness (QED) is 0.369. The number of carbonyl (C=O) groups is 2. The smallest absolute Gasteiger partial charge is 0.277 e. The fourth-order valence-corrected chi connectivity index (χ4v) is 4.60. The number of hydrogen-bond acceptors (Lipinski definition) is 5. The minimum Gasteiger partial charge on any atom is -0.484 e. The third-order valence-electron chi connectivity index (χ3n) is 6.09. The summed E-state index contributed by atoms with van der Waals surface area (Å²) in [5.74, 6) is 0.525. The number of amides is 2. The lowest BCUT2D eigenvalue weighted by Crippen LogP contribution is -2.39. The Bertz CT molecular complexity index is 1400. The van der Waals surface area contributed by atoms with Gasteiger partial charge in [0.2, 0.25) is 11.8 Å². The molecule has 7 nitrogen and oxygen atoms in total. The number of carbonyl (C=O) groups excluding carboxylic acids is 2. The van der Waals surface area contributed by atoms with E-state index in [-0.39, 0.29) is 30.1 Å². The maximum Gasteiger partial charge on any atom is 0.277 e. The van der Waals surface area contributed by atoms with Crippen LogP contribution in [0.3, 0.4) is 0 Å². The molecular formula is C28H24ClN3O4. The van der Waals surface area contributed by atoms with Crippen LogP contribution in [0.4, 0.5) is 5.69 Å². The molecule has 2 amide bonds. The first-order chi connectivity index (χ1) is 17.5. The number of aromatic nitrogens is 1. The largest absolute Gasteiger partial charge is 0.484 e. The highest BCUT2D eigenvalue weighted by atomic mass is 35.5. The Hall–Kier alpha value is -4.10. The number of rotatable bonds is 6. The van der Waals surface area contributed by atoms with Crippen LogP contribution in [0.25, 0.3) is 0 Å². The molecule has 0 bridgehead atoms. The summed E-state index contributed by atoms with van der Waals surface area (Å²) in [6, 6.07) is 22.6. The Kier molecular flexibility index (Phi) is 6.73. The van der Waals surface area contributed by atoms with E-state index in [0.717, 1.165) is 17.5 Å². The van der Waals surface area contributed by atoms with Crippen LogP contribution in [-0.4, -0.2) is 28.2 Å². The molecule has 0 saturated carbocycles. The van der Waals surface area contributed by atoms with Crippen LogP contribution < -0.4 is 10.1 Å². The van der Waals surface area contributed by atoms with Crippen LogP contribution in [0.5, 0.6) is 5.75 Å². The molecular weight excluding hydrogens is 478 g/mol. The zero-order valence-electron chi connectivity index (χ0n) is 19.6. The number of hydrogen-bond donors (Lipinski definition) is 1. The van der Waals surface area contributed by atoms with Gasteiger partial charge in [-0.05, 0) is 53.4 Å². The standard InChI is InChI=1S/C28H24ClN3O4/c1-18(33)32-13-12-19-10-11-23(15-24(19)27(32)20-6-3-2-4-7-20)35-17-26-31-25(16-36-26)28(34)30-22-9-5-8-21(29)14-22/h2-11,14-16,27H,12-13,17H2,1H3,(H,30,34)/t27-/m0/s1. The summed E-state index contributed by atoms with van der Waals surface area (Å²) in [6.07, 6.45) is 2.07. The highest BCUT2D eigenvalue weighted by Gasteiger charge is 2.30. The maximum absolute atomic E-state index is 12.5. The van der Waals surface area contributed by atoms with Crippen molar-refractivity contribution in [3.05, 3.63) is 112 Å². The first-order valence-corrected chi connectivity index (χ1v) is 11.9. The topological polar surface area (TPSA) is 84.7 Å². The molecule has 1 aliphatic rings. The van der Waals surface area contributed by atoms with Crippen LogP contribution >= 0.6 is 11.6 Å². The lowest BCUT2D eigenvalue weighted by molar-refractivity contribution is -0.130. The first kappa shape index (κ1) is 23.6. The molecule has 3 aromatic carbocycles. The van der Waals surface area contributed by atoms with Gasteiger partial charge in [0, 0.05) is 24.2 Å². The van der Waals surface area contributed by atoms with E-state index in [2.05, 4.69) is 10.3 Å². The summed E-state index contributed by atoms with van der Waals surface area (Å²) >= 11 is 5.97. The van der Waals surface area contributed by atoms with Gasteiger partial charge in [-0.1, -0.05) is 54.1 Å². The molecule has 0 spiro atoms. The number of oxazole rings is 1. The van der Waals surface area contributed by atoms with Gasteiger partial charge < -0.3 is 19.4 Å².